The fourth-order valence-corrected chi connectivity index (χ4v) is 1.19. The number of rotatable bonds is 8. The van der Waals surface area contributed by atoms with E-state index in [-0.39, 0.29) is 8.96 Å². The SMILES string of the molecule is COCCOCCOPN=PC. The van der Waals surface area contributed by atoms with E-state index in [0.29, 0.717) is 26.4 Å². The number of ether oxygens (including phenoxy) is 2. The second-order valence-corrected chi connectivity index (χ2v) is 3.52. The Morgan fingerprint density at radius 2 is 2.00 bits per heavy atom. The summed E-state index contributed by atoms with van der Waals surface area (Å²) < 4.78 is 19.1. The van der Waals surface area contributed by atoms with Crippen molar-refractivity contribution in [2.24, 2.45) is 4.52 Å². The molecule has 0 spiro atoms. The molecule has 0 aliphatic rings. The van der Waals surface area contributed by atoms with Gasteiger partial charge in [0.1, 0.15) is 8.96 Å². The molecule has 0 N–H and O–H groups in total. The summed E-state index contributed by atoms with van der Waals surface area (Å²) in [4.78, 5) is 0. The van der Waals surface area contributed by atoms with Crippen molar-refractivity contribution in [3.63, 3.8) is 0 Å². The van der Waals surface area contributed by atoms with E-state index in [1.165, 1.54) is 0 Å². The molecule has 0 rings (SSSR count). The maximum atomic E-state index is 5.16. The van der Waals surface area contributed by atoms with Crippen LogP contribution in [0.4, 0.5) is 0 Å². The Balaban J connectivity index is 2.81. The van der Waals surface area contributed by atoms with Crippen LogP contribution in [0, 0.1) is 0 Å². The lowest BCUT2D eigenvalue weighted by Gasteiger charge is -2.02. The predicted octanol–water partition coefficient (Wildman–Crippen LogP) is 1.93. The molecular weight excluding hydrogens is 196 g/mol. The summed E-state index contributed by atoms with van der Waals surface area (Å²) in [5.74, 6) is 0. The Hall–Kier alpha value is 0.410. The van der Waals surface area contributed by atoms with Crippen molar-refractivity contribution in [1.82, 2.24) is 0 Å². The summed E-state index contributed by atoms with van der Waals surface area (Å²) in [5.41, 5.74) is 0. The first-order chi connectivity index (χ1) is 5.91. The molecule has 72 valence electrons. The van der Waals surface area contributed by atoms with Crippen LogP contribution in [0.25, 0.3) is 0 Å². The maximum absolute atomic E-state index is 5.16. The molecule has 1 unspecified atom stereocenters. The van der Waals surface area contributed by atoms with Gasteiger partial charge in [-0.05, 0) is 6.66 Å². The molecule has 0 saturated carbocycles. The predicted molar refractivity (Wildman–Crippen MR) is 52.2 cm³/mol. The van der Waals surface area contributed by atoms with Crippen molar-refractivity contribution in [2.75, 3.05) is 40.2 Å². The van der Waals surface area contributed by atoms with Gasteiger partial charge in [-0.2, -0.15) is 0 Å². The normalized spacial score (nSPS) is 12.2. The fraction of sp³-hybridized carbons (Fsp3) is 1.00. The molecule has 0 aromatic heterocycles. The molecule has 0 aromatic rings. The Morgan fingerprint density at radius 3 is 2.67 bits per heavy atom. The lowest BCUT2D eigenvalue weighted by molar-refractivity contribution is 0.0569. The zero-order valence-corrected chi connectivity index (χ0v) is 9.34. The van der Waals surface area contributed by atoms with Crippen molar-refractivity contribution < 1.29 is 14.0 Å². The molecular formula is C6H15NO3P2. The highest BCUT2D eigenvalue weighted by Crippen LogP contribution is 2.17. The molecule has 6 heteroatoms. The van der Waals surface area contributed by atoms with Crippen LogP contribution in [-0.4, -0.2) is 40.2 Å². The fourth-order valence-electron chi connectivity index (χ4n) is 0.460. The van der Waals surface area contributed by atoms with E-state index in [1.807, 2.05) is 6.66 Å². The summed E-state index contributed by atoms with van der Waals surface area (Å²) in [5, 5.41) is 0. The van der Waals surface area contributed by atoms with Gasteiger partial charge in [0.2, 0.25) is 0 Å². The topological polar surface area (TPSA) is 40.0 Å². The first-order valence-electron chi connectivity index (χ1n) is 3.64. The van der Waals surface area contributed by atoms with E-state index in [9.17, 15) is 0 Å². The number of nitrogens with zero attached hydrogens (tertiary/aromatic N) is 1. The minimum Gasteiger partial charge on any atom is -0.382 e. The first-order valence-corrected chi connectivity index (χ1v) is 5.79. The third-order valence-corrected chi connectivity index (χ3v) is 2.43. The molecule has 0 heterocycles. The molecule has 0 aliphatic carbocycles. The van der Waals surface area contributed by atoms with Gasteiger partial charge in [0.15, 0.2) is 0 Å². The second-order valence-electron chi connectivity index (χ2n) is 1.84. The lowest BCUT2D eigenvalue weighted by Crippen LogP contribution is -2.05. The van der Waals surface area contributed by atoms with Crippen LogP contribution < -0.4 is 0 Å². The largest absolute Gasteiger partial charge is 0.382 e. The third kappa shape index (κ3) is 10.4. The highest BCUT2D eigenvalue weighted by Gasteiger charge is 1.87. The summed E-state index contributed by atoms with van der Waals surface area (Å²) >= 11 is 0. The van der Waals surface area contributed by atoms with Gasteiger partial charge in [0.25, 0.3) is 0 Å². The summed E-state index contributed by atoms with van der Waals surface area (Å²) in [6.07, 6.45) is 0. The van der Waals surface area contributed by atoms with Crippen LogP contribution in [-0.2, 0) is 14.0 Å². The van der Waals surface area contributed by atoms with Crippen LogP contribution >= 0.6 is 17.3 Å². The number of hydrogen-bond donors (Lipinski definition) is 0. The van der Waals surface area contributed by atoms with Crippen molar-refractivity contribution >= 4 is 17.3 Å². The molecule has 0 amide bonds. The Morgan fingerprint density at radius 1 is 1.25 bits per heavy atom. The average molecular weight is 211 g/mol. The van der Waals surface area contributed by atoms with Gasteiger partial charge >= 0.3 is 0 Å². The van der Waals surface area contributed by atoms with Crippen LogP contribution in [0.3, 0.4) is 0 Å². The molecule has 4 nitrogen and oxygen atoms in total. The zero-order chi connectivity index (χ0) is 9.07. The van der Waals surface area contributed by atoms with Gasteiger partial charge in [0.05, 0.1) is 26.4 Å². The smallest absolute Gasteiger partial charge is 0.142 e. The highest BCUT2D eigenvalue weighted by atomic mass is 31.1. The minimum atomic E-state index is 0.246. The van der Waals surface area contributed by atoms with Crippen molar-refractivity contribution in [3.05, 3.63) is 0 Å². The van der Waals surface area contributed by atoms with Gasteiger partial charge in [0, 0.05) is 15.5 Å². The summed E-state index contributed by atoms with van der Waals surface area (Å²) in [6, 6.07) is 0. The van der Waals surface area contributed by atoms with Crippen LogP contribution in [0.15, 0.2) is 4.52 Å². The highest BCUT2D eigenvalue weighted by molar-refractivity contribution is 7.41. The molecule has 0 aliphatic heterocycles. The van der Waals surface area contributed by atoms with Gasteiger partial charge in [-0.1, -0.05) is 0 Å². The van der Waals surface area contributed by atoms with Crippen molar-refractivity contribution in [2.45, 2.75) is 0 Å². The van der Waals surface area contributed by atoms with Gasteiger partial charge in [-0.25, -0.2) is 4.52 Å². The molecule has 0 bridgehead atoms. The van der Waals surface area contributed by atoms with E-state index >= 15 is 0 Å². The number of methoxy groups -OCH3 is 1. The van der Waals surface area contributed by atoms with Crippen LogP contribution in [0.2, 0.25) is 0 Å². The van der Waals surface area contributed by atoms with Gasteiger partial charge in [-0.3, -0.25) is 0 Å². The average Bonchev–Trinajstić information content (AvgIpc) is 2.10. The van der Waals surface area contributed by atoms with Crippen LogP contribution in [0.1, 0.15) is 0 Å². The van der Waals surface area contributed by atoms with E-state index in [1.54, 1.807) is 7.11 Å². The molecule has 1 atom stereocenters. The summed E-state index contributed by atoms with van der Waals surface area (Å²) in [7, 11) is 2.92. The molecule has 0 radical (unpaired) electrons. The van der Waals surface area contributed by atoms with E-state index < -0.39 is 0 Å². The molecule has 0 fully saturated rings. The second kappa shape index (κ2) is 11.4. The standard InChI is InChI=1S/C6H15NO3P2/c1-8-3-4-9-5-6-10-12-7-11-2/h12H,3-6H2,1-2H3. The minimum absolute atomic E-state index is 0.246. The van der Waals surface area contributed by atoms with E-state index in [2.05, 4.69) is 4.52 Å². The Bertz CT molecular complexity index is 113. The molecule has 0 aromatic carbocycles. The van der Waals surface area contributed by atoms with Crippen molar-refractivity contribution in [1.29, 1.82) is 0 Å². The van der Waals surface area contributed by atoms with Crippen LogP contribution in [0.5, 0.6) is 0 Å². The first kappa shape index (κ1) is 12.4. The quantitative estimate of drug-likeness (QED) is 0.455. The summed E-state index contributed by atoms with van der Waals surface area (Å²) in [6.45, 7) is 4.46. The van der Waals surface area contributed by atoms with E-state index in [4.69, 9.17) is 14.0 Å². The van der Waals surface area contributed by atoms with Gasteiger partial charge in [-0.15, -0.1) is 0 Å². The Kier molecular flexibility index (Phi) is 11.8. The number of hydrogen-bond acceptors (Lipinski definition) is 4. The third-order valence-electron chi connectivity index (χ3n) is 0.967. The molecule has 0 saturated heterocycles. The monoisotopic (exact) mass is 211 g/mol. The zero-order valence-electron chi connectivity index (χ0n) is 7.45. The lowest BCUT2D eigenvalue weighted by atomic mass is 10.7. The van der Waals surface area contributed by atoms with E-state index in [0.717, 1.165) is 8.37 Å². The Labute approximate surface area is 76.8 Å². The molecule has 12 heavy (non-hydrogen) atoms. The maximum Gasteiger partial charge on any atom is 0.142 e. The van der Waals surface area contributed by atoms with Gasteiger partial charge < -0.3 is 14.0 Å². The van der Waals surface area contributed by atoms with Crippen molar-refractivity contribution in [3.8, 4) is 0 Å².